The van der Waals surface area contributed by atoms with E-state index < -0.39 is 6.10 Å². The van der Waals surface area contributed by atoms with Gasteiger partial charge in [-0.2, -0.15) is 0 Å². The number of rotatable bonds is 3. The molecule has 2 aromatic carbocycles. The van der Waals surface area contributed by atoms with Crippen molar-refractivity contribution in [1.29, 1.82) is 0 Å². The molecule has 1 N–H and O–H groups in total. The van der Waals surface area contributed by atoms with E-state index in [2.05, 4.69) is 18.2 Å². The van der Waals surface area contributed by atoms with Crippen LogP contribution in [0.3, 0.4) is 0 Å². The van der Waals surface area contributed by atoms with Crippen molar-refractivity contribution in [2.45, 2.75) is 19.6 Å². The average Bonchev–Trinajstić information content (AvgIpc) is 2.28. The molecule has 0 saturated carbocycles. The number of methoxy groups -OCH3 is 1. The molecule has 2 heteroatoms. The third kappa shape index (κ3) is 2.23. The molecule has 0 heterocycles. The van der Waals surface area contributed by atoms with Gasteiger partial charge in [0.05, 0.1) is 12.7 Å². The molecular formula is C14H16O2. The first-order valence-electron chi connectivity index (χ1n) is 5.40. The van der Waals surface area contributed by atoms with Gasteiger partial charge in [0.15, 0.2) is 0 Å². The van der Waals surface area contributed by atoms with E-state index in [1.807, 2.05) is 18.2 Å². The first-order valence-corrected chi connectivity index (χ1v) is 5.40. The number of hydrogen-bond donors (Lipinski definition) is 1. The third-order valence-corrected chi connectivity index (χ3v) is 2.72. The van der Waals surface area contributed by atoms with Crippen molar-refractivity contribution in [2.75, 3.05) is 7.11 Å². The Balaban J connectivity index is 2.48. The van der Waals surface area contributed by atoms with Crippen LogP contribution in [-0.2, 0) is 11.3 Å². The van der Waals surface area contributed by atoms with E-state index in [-0.39, 0.29) is 0 Å². The van der Waals surface area contributed by atoms with Crippen LogP contribution in [0.1, 0.15) is 24.2 Å². The van der Waals surface area contributed by atoms with E-state index in [9.17, 15) is 5.11 Å². The lowest BCUT2D eigenvalue weighted by Gasteiger charge is -2.07. The average molecular weight is 216 g/mol. The van der Waals surface area contributed by atoms with E-state index in [0.29, 0.717) is 6.61 Å². The van der Waals surface area contributed by atoms with Crippen molar-refractivity contribution in [3.8, 4) is 0 Å². The standard InChI is InChI=1S/C14H16O2/c1-10(15)13-6-5-12-4-3-11(9-16-2)7-14(12)8-13/h3-8,10,15H,9H2,1-2H3. The Bertz CT molecular complexity index is 489. The van der Waals surface area contributed by atoms with E-state index in [1.165, 1.54) is 5.39 Å². The lowest BCUT2D eigenvalue weighted by molar-refractivity contribution is 0.185. The van der Waals surface area contributed by atoms with Crippen LogP contribution in [0.25, 0.3) is 10.8 Å². The van der Waals surface area contributed by atoms with E-state index in [1.54, 1.807) is 14.0 Å². The third-order valence-electron chi connectivity index (χ3n) is 2.72. The van der Waals surface area contributed by atoms with Crippen LogP contribution in [0, 0.1) is 0 Å². The molecule has 0 aliphatic rings. The number of hydrogen-bond acceptors (Lipinski definition) is 2. The summed E-state index contributed by atoms with van der Waals surface area (Å²) in [6.07, 6.45) is -0.421. The van der Waals surface area contributed by atoms with Crippen molar-refractivity contribution in [3.63, 3.8) is 0 Å². The van der Waals surface area contributed by atoms with Crippen LogP contribution in [0.2, 0.25) is 0 Å². The molecule has 0 radical (unpaired) electrons. The van der Waals surface area contributed by atoms with Crippen LogP contribution in [-0.4, -0.2) is 12.2 Å². The van der Waals surface area contributed by atoms with Crippen LogP contribution >= 0.6 is 0 Å². The second kappa shape index (κ2) is 4.64. The summed E-state index contributed by atoms with van der Waals surface area (Å²) in [5, 5.41) is 11.9. The van der Waals surface area contributed by atoms with Gasteiger partial charge in [-0.05, 0) is 41.0 Å². The quantitative estimate of drug-likeness (QED) is 0.854. The number of aliphatic hydroxyl groups excluding tert-OH is 1. The van der Waals surface area contributed by atoms with Gasteiger partial charge in [-0.15, -0.1) is 0 Å². The Morgan fingerprint density at radius 2 is 1.88 bits per heavy atom. The summed E-state index contributed by atoms with van der Waals surface area (Å²) < 4.78 is 5.11. The number of aliphatic hydroxyl groups is 1. The minimum Gasteiger partial charge on any atom is -0.389 e. The van der Waals surface area contributed by atoms with Gasteiger partial charge >= 0.3 is 0 Å². The summed E-state index contributed by atoms with van der Waals surface area (Å²) in [6.45, 7) is 2.40. The molecule has 16 heavy (non-hydrogen) atoms. The summed E-state index contributed by atoms with van der Waals surface area (Å²) >= 11 is 0. The molecule has 84 valence electrons. The Hall–Kier alpha value is -1.38. The maximum Gasteiger partial charge on any atom is 0.0762 e. The topological polar surface area (TPSA) is 29.5 Å². The van der Waals surface area contributed by atoms with Crippen LogP contribution in [0.4, 0.5) is 0 Å². The Morgan fingerprint density at radius 1 is 1.12 bits per heavy atom. The summed E-state index contributed by atoms with van der Waals surface area (Å²) in [5.41, 5.74) is 2.10. The predicted octanol–water partition coefficient (Wildman–Crippen LogP) is 3.04. The molecule has 1 atom stereocenters. The fraction of sp³-hybridized carbons (Fsp3) is 0.286. The summed E-state index contributed by atoms with van der Waals surface area (Å²) in [7, 11) is 1.69. The molecular weight excluding hydrogens is 200 g/mol. The van der Waals surface area contributed by atoms with Crippen LogP contribution in [0.5, 0.6) is 0 Å². The predicted molar refractivity (Wildman–Crippen MR) is 65.3 cm³/mol. The fourth-order valence-corrected chi connectivity index (χ4v) is 1.83. The van der Waals surface area contributed by atoms with Gasteiger partial charge in [0.1, 0.15) is 0 Å². The van der Waals surface area contributed by atoms with Crippen molar-refractivity contribution in [2.24, 2.45) is 0 Å². The molecule has 1 unspecified atom stereocenters. The lowest BCUT2D eigenvalue weighted by Crippen LogP contribution is -1.91. The minimum absolute atomic E-state index is 0.421. The van der Waals surface area contributed by atoms with Gasteiger partial charge in [0.2, 0.25) is 0 Å². The van der Waals surface area contributed by atoms with Crippen molar-refractivity contribution in [1.82, 2.24) is 0 Å². The molecule has 0 bridgehead atoms. The van der Waals surface area contributed by atoms with Gasteiger partial charge in [-0.25, -0.2) is 0 Å². The zero-order chi connectivity index (χ0) is 11.5. The number of fused-ring (bicyclic) bond motifs is 1. The number of benzene rings is 2. The second-order valence-corrected chi connectivity index (χ2v) is 4.05. The van der Waals surface area contributed by atoms with Gasteiger partial charge in [-0.3, -0.25) is 0 Å². The van der Waals surface area contributed by atoms with Crippen molar-refractivity contribution < 1.29 is 9.84 Å². The van der Waals surface area contributed by atoms with Gasteiger partial charge < -0.3 is 9.84 Å². The molecule has 2 nitrogen and oxygen atoms in total. The zero-order valence-corrected chi connectivity index (χ0v) is 9.60. The second-order valence-electron chi connectivity index (χ2n) is 4.05. The zero-order valence-electron chi connectivity index (χ0n) is 9.60. The van der Waals surface area contributed by atoms with Crippen molar-refractivity contribution in [3.05, 3.63) is 47.5 Å². The molecule has 0 spiro atoms. The normalized spacial score (nSPS) is 12.9. The Morgan fingerprint density at radius 3 is 2.56 bits per heavy atom. The van der Waals surface area contributed by atoms with E-state index >= 15 is 0 Å². The molecule has 0 amide bonds. The Kier molecular flexibility index (Phi) is 3.22. The molecule has 0 saturated heterocycles. The van der Waals surface area contributed by atoms with E-state index in [4.69, 9.17) is 4.74 Å². The highest BCUT2D eigenvalue weighted by molar-refractivity contribution is 5.83. The summed E-state index contributed by atoms with van der Waals surface area (Å²) in [6, 6.07) is 12.3. The number of ether oxygens (including phenoxy) is 1. The summed E-state index contributed by atoms with van der Waals surface area (Å²) in [5.74, 6) is 0. The maximum atomic E-state index is 9.53. The highest BCUT2D eigenvalue weighted by atomic mass is 16.5. The maximum absolute atomic E-state index is 9.53. The summed E-state index contributed by atoms with van der Waals surface area (Å²) in [4.78, 5) is 0. The molecule has 0 aromatic heterocycles. The highest BCUT2D eigenvalue weighted by Gasteiger charge is 2.02. The monoisotopic (exact) mass is 216 g/mol. The highest BCUT2D eigenvalue weighted by Crippen LogP contribution is 2.21. The Labute approximate surface area is 95.5 Å². The van der Waals surface area contributed by atoms with Gasteiger partial charge in [0, 0.05) is 7.11 Å². The molecule has 2 aromatic rings. The van der Waals surface area contributed by atoms with E-state index in [0.717, 1.165) is 16.5 Å². The fourth-order valence-electron chi connectivity index (χ4n) is 1.83. The van der Waals surface area contributed by atoms with Gasteiger partial charge in [-0.1, -0.05) is 24.3 Å². The first kappa shape index (κ1) is 11.1. The minimum atomic E-state index is -0.421. The SMILES string of the molecule is COCc1ccc2ccc(C(C)O)cc2c1. The first-order chi connectivity index (χ1) is 7.70. The molecule has 0 aliphatic carbocycles. The molecule has 0 aliphatic heterocycles. The molecule has 0 fully saturated rings. The van der Waals surface area contributed by atoms with Crippen LogP contribution in [0.15, 0.2) is 36.4 Å². The van der Waals surface area contributed by atoms with Crippen molar-refractivity contribution >= 4 is 10.8 Å². The van der Waals surface area contributed by atoms with Crippen LogP contribution < -0.4 is 0 Å². The lowest BCUT2D eigenvalue weighted by atomic mass is 10.0. The molecule has 2 rings (SSSR count). The van der Waals surface area contributed by atoms with Gasteiger partial charge in [0.25, 0.3) is 0 Å². The smallest absolute Gasteiger partial charge is 0.0762 e. The largest absolute Gasteiger partial charge is 0.389 e.